The number of hydrogen-bond acceptors (Lipinski definition) is 5. The van der Waals surface area contributed by atoms with Crippen molar-refractivity contribution in [3.63, 3.8) is 0 Å². The molecule has 1 heterocycles. The summed E-state index contributed by atoms with van der Waals surface area (Å²) in [6.07, 6.45) is -0.236. The second-order valence-electron chi connectivity index (χ2n) is 8.01. The molecule has 0 fully saturated rings. The lowest BCUT2D eigenvalue weighted by molar-refractivity contribution is 0.219. The van der Waals surface area contributed by atoms with Gasteiger partial charge in [-0.25, -0.2) is 12.4 Å². The van der Waals surface area contributed by atoms with Gasteiger partial charge in [0.2, 0.25) is 0 Å². The number of rotatable bonds is 10. The monoisotopic (exact) mass is 587 g/mol. The summed E-state index contributed by atoms with van der Waals surface area (Å²) in [7, 11) is -7.75. The molecular weight excluding hydrogens is 561 g/mol. The number of hydrogen-bond donors (Lipinski definition) is 0. The highest BCUT2D eigenvalue weighted by molar-refractivity contribution is 9.10. The topological polar surface area (TPSA) is 74.6 Å². The van der Waals surface area contributed by atoms with Crippen molar-refractivity contribution in [2.75, 3.05) is 13.2 Å². The predicted octanol–water partition coefficient (Wildman–Crippen LogP) is 7.47. The van der Waals surface area contributed by atoms with Crippen LogP contribution in [0.1, 0.15) is 30.7 Å². The molecule has 0 bridgehead atoms. The molecule has 9 heteroatoms. The van der Waals surface area contributed by atoms with Gasteiger partial charge in [-0.2, -0.15) is 0 Å². The number of nitrogens with zero attached hydrogens (tertiary/aromatic N) is 1. The molecule has 36 heavy (non-hydrogen) atoms. The summed E-state index contributed by atoms with van der Waals surface area (Å²) < 4.78 is 55.2. The summed E-state index contributed by atoms with van der Waals surface area (Å²) in [5, 5.41) is 0.680. The molecule has 4 aromatic rings. The number of para-hydroxylation sites is 1. The lowest BCUT2D eigenvalue weighted by Crippen LogP contribution is -2.17. The zero-order valence-electron chi connectivity index (χ0n) is 20.1. The van der Waals surface area contributed by atoms with Crippen LogP contribution in [-0.2, 0) is 29.8 Å². The van der Waals surface area contributed by atoms with Crippen molar-refractivity contribution in [1.29, 1.82) is 0 Å². The Kier molecular flexibility index (Phi) is 8.03. The Morgan fingerprint density at radius 2 is 1.50 bits per heavy atom. The van der Waals surface area contributed by atoms with Crippen molar-refractivity contribution in [3.8, 4) is 0 Å². The van der Waals surface area contributed by atoms with Gasteiger partial charge in [0.1, 0.15) is 0 Å². The van der Waals surface area contributed by atoms with Gasteiger partial charge >= 0.3 is 7.60 Å². The van der Waals surface area contributed by atoms with Crippen LogP contribution in [0.2, 0.25) is 0 Å². The summed E-state index contributed by atoms with van der Waals surface area (Å²) in [6.45, 7) is 8.10. The van der Waals surface area contributed by atoms with Crippen LogP contribution in [0.5, 0.6) is 0 Å². The fourth-order valence-corrected chi connectivity index (χ4v) is 7.86. The van der Waals surface area contributed by atoms with E-state index < -0.39 is 17.6 Å². The highest BCUT2D eigenvalue weighted by Gasteiger charge is 2.34. The molecule has 0 radical (unpaired) electrons. The first-order valence-corrected chi connectivity index (χ1v) is 15.4. The molecule has 0 saturated carbocycles. The summed E-state index contributed by atoms with van der Waals surface area (Å²) in [4.78, 5) is 0.121. The van der Waals surface area contributed by atoms with Crippen LogP contribution in [0.3, 0.4) is 0 Å². The largest absolute Gasteiger partial charge is 0.336 e. The van der Waals surface area contributed by atoms with Crippen LogP contribution in [0.15, 0.2) is 94.8 Å². The second kappa shape index (κ2) is 10.9. The molecule has 0 aliphatic rings. The van der Waals surface area contributed by atoms with E-state index in [9.17, 15) is 13.0 Å². The molecular formula is C27H27BrNO5PS. The summed E-state index contributed by atoms with van der Waals surface area (Å²) in [5.41, 5.74) is 2.77. The molecule has 6 nitrogen and oxygen atoms in total. The van der Waals surface area contributed by atoms with Gasteiger partial charge in [0, 0.05) is 15.4 Å². The van der Waals surface area contributed by atoms with Crippen LogP contribution >= 0.6 is 23.5 Å². The smallest absolute Gasteiger partial charge is 0.309 e. The second-order valence-corrected chi connectivity index (χ2v) is 12.8. The van der Waals surface area contributed by atoms with E-state index in [-0.39, 0.29) is 24.3 Å². The minimum atomic E-state index is -4.06. The zero-order valence-corrected chi connectivity index (χ0v) is 23.4. The minimum Gasteiger partial charge on any atom is -0.309 e. The van der Waals surface area contributed by atoms with Crippen molar-refractivity contribution < 1.29 is 22.0 Å². The first-order valence-electron chi connectivity index (χ1n) is 11.5. The molecule has 0 amide bonds. The molecule has 0 spiro atoms. The van der Waals surface area contributed by atoms with Crippen molar-refractivity contribution in [2.45, 2.75) is 24.9 Å². The maximum atomic E-state index is 14.0. The third-order valence-corrected chi connectivity index (χ3v) is 9.98. The Morgan fingerprint density at radius 3 is 2.11 bits per heavy atom. The molecule has 0 aliphatic carbocycles. The first-order chi connectivity index (χ1) is 17.2. The van der Waals surface area contributed by atoms with Crippen LogP contribution in [0, 0.1) is 0 Å². The lowest BCUT2D eigenvalue weighted by Gasteiger charge is -2.20. The molecule has 4 rings (SSSR count). The van der Waals surface area contributed by atoms with E-state index in [1.807, 2.05) is 36.4 Å². The predicted molar refractivity (Wildman–Crippen MR) is 148 cm³/mol. The molecule has 0 unspecified atom stereocenters. The van der Waals surface area contributed by atoms with E-state index >= 15 is 0 Å². The van der Waals surface area contributed by atoms with Gasteiger partial charge in [-0.3, -0.25) is 4.57 Å². The van der Waals surface area contributed by atoms with E-state index in [2.05, 4.69) is 22.5 Å². The van der Waals surface area contributed by atoms with Gasteiger partial charge in [0.25, 0.3) is 10.0 Å². The first kappa shape index (κ1) is 26.6. The van der Waals surface area contributed by atoms with Gasteiger partial charge < -0.3 is 9.05 Å². The maximum absolute atomic E-state index is 14.0. The highest BCUT2D eigenvalue weighted by atomic mass is 79.9. The summed E-state index contributed by atoms with van der Waals surface area (Å²) >= 11 is 3.45. The van der Waals surface area contributed by atoms with E-state index in [0.717, 1.165) is 10.0 Å². The summed E-state index contributed by atoms with van der Waals surface area (Å²) in [6, 6.07) is 23.0. The third-order valence-electron chi connectivity index (χ3n) is 5.70. The molecule has 0 N–H and O–H groups in total. The van der Waals surface area contributed by atoms with E-state index in [4.69, 9.17) is 9.05 Å². The van der Waals surface area contributed by atoms with Crippen molar-refractivity contribution in [2.24, 2.45) is 0 Å². The van der Waals surface area contributed by atoms with Gasteiger partial charge in [-0.05, 0) is 55.3 Å². The Hall–Kier alpha value is -2.48. The van der Waals surface area contributed by atoms with Crippen LogP contribution in [0.4, 0.5) is 0 Å². The van der Waals surface area contributed by atoms with Crippen molar-refractivity contribution in [1.82, 2.24) is 3.97 Å². The maximum Gasteiger partial charge on any atom is 0.336 e. The number of halogens is 1. The minimum absolute atomic E-state index is 0.121. The van der Waals surface area contributed by atoms with E-state index in [1.165, 1.54) is 3.97 Å². The molecule has 3 aromatic carbocycles. The Balaban J connectivity index is 2.07. The van der Waals surface area contributed by atoms with Crippen LogP contribution in [0.25, 0.3) is 16.5 Å². The molecule has 0 saturated heterocycles. The number of benzene rings is 3. The molecule has 0 aliphatic heterocycles. The Bertz CT molecular complexity index is 1540. The molecule has 1 aromatic heterocycles. The number of fused-ring (bicyclic) bond motifs is 1. The third kappa shape index (κ3) is 5.15. The Labute approximate surface area is 220 Å². The van der Waals surface area contributed by atoms with Gasteiger partial charge in [0.05, 0.1) is 35.5 Å². The van der Waals surface area contributed by atoms with Crippen LogP contribution < -0.4 is 0 Å². The lowest BCUT2D eigenvalue weighted by atomic mass is 9.97. The van der Waals surface area contributed by atoms with E-state index in [1.54, 1.807) is 56.3 Å². The standard InChI is InChI=1S/C27H27BrNO5PS/c1-4-33-35(30,34-5-2)19-26-27(20(3)21-15-17-22(28)18-16-21)24-13-9-10-14-25(24)29(26)36(31,32)23-11-7-6-8-12-23/h6-18H,3-5,19H2,1-2H3. The van der Waals surface area contributed by atoms with Crippen LogP contribution in [-0.4, -0.2) is 25.6 Å². The average molecular weight is 588 g/mol. The molecule has 188 valence electrons. The zero-order chi connectivity index (χ0) is 25.9. The van der Waals surface area contributed by atoms with Gasteiger partial charge in [-0.1, -0.05) is 71.0 Å². The van der Waals surface area contributed by atoms with Gasteiger partial charge in [0.15, 0.2) is 0 Å². The fraction of sp³-hybridized carbons (Fsp3) is 0.185. The van der Waals surface area contributed by atoms with E-state index in [0.29, 0.717) is 27.7 Å². The molecule has 0 atom stereocenters. The van der Waals surface area contributed by atoms with Gasteiger partial charge in [-0.15, -0.1) is 0 Å². The Morgan fingerprint density at radius 1 is 0.917 bits per heavy atom. The number of aromatic nitrogens is 1. The highest BCUT2D eigenvalue weighted by Crippen LogP contribution is 2.53. The average Bonchev–Trinajstić information content (AvgIpc) is 3.18. The SMILES string of the molecule is C=C(c1ccc(Br)cc1)c1c(CP(=O)(OCC)OCC)n(S(=O)(=O)c2ccccc2)c2ccccc12. The normalized spacial score (nSPS) is 12.2. The van der Waals surface area contributed by atoms with Crippen molar-refractivity contribution >= 4 is 50.0 Å². The quantitative estimate of drug-likeness (QED) is 0.180. The summed E-state index contributed by atoms with van der Waals surface area (Å²) in [5.74, 6) is 0. The fourth-order valence-electron chi connectivity index (χ4n) is 4.22. The van der Waals surface area contributed by atoms with Crippen molar-refractivity contribution in [3.05, 3.63) is 107 Å².